The molecule has 2 rings (SSSR count). The Balaban J connectivity index is 1.93. The highest BCUT2D eigenvalue weighted by Crippen LogP contribution is 2.28. The molecule has 1 nitrogen and oxygen atoms in total. The van der Waals surface area contributed by atoms with Crippen LogP contribution < -0.4 is 5.32 Å². The zero-order valence-electron chi connectivity index (χ0n) is 13.2. The third-order valence-electron chi connectivity index (χ3n) is 4.11. The van der Waals surface area contributed by atoms with E-state index in [-0.39, 0.29) is 0 Å². The first kappa shape index (κ1) is 16.5. The first-order valence-electron chi connectivity index (χ1n) is 8.09. The molecule has 0 saturated heterocycles. The third kappa shape index (κ3) is 4.82. The van der Waals surface area contributed by atoms with Crippen molar-refractivity contribution in [3.8, 4) is 0 Å². The fraction of sp³-hybridized carbons (Fsp3) is 0.474. The summed E-state index contributed by atoms with van der Waals surface area (Å²) in [6.45, 7) is 6.88. The van der Waals surface area contributed by atoms with Crippen LogP contribution in [0.5, 0.6) is 0 Å². The molecule has 1 N–H and O–H groups in total. The Morgan fingerprint density at radius 2 is 1.76 bits per heavy atom. The molecule has 21 heavy (non-hydrogen) atoms. The minimum absolute atomic E-state index is 0.775. The maximum Gasteiger partial charge on any atom is 0.0253 e. The van der Waals surface area contributed by atoms with E-state index >= 15 is 0 Å². The molecule has 0 aliphatic carbocycles. The molecule has 0 spiro atoms. The van der Waals surface area contributed by atoms with Gasteiger partial charge in [0.1, 0.15) is 0 Å². The second-order valence-electron chi connectivity index (χ2n) is 5.93. The van der Waals surface area contributed by atoms with Crippen molar-refractivity contribution in [3.05, 3.63) is 46.4 Å². The van der Waals surface area contributed by atoms with Crippen LogP contribution in [0.2, 0.25) is 0 Å². The van der Waals surface area contributed by atoms with Crippen LogP contribution in [-0.4, -0.2) is 13.1 Å². The molecule has 1 unspecified atom stereocenters. The second kappa shape index (κ2) is 8.55. The maximum atomic E-state index is 3.65. The van der Waals surface area contributed by atoms with Crippen molar-refractivity contribution in [2.45, 2.75) is 39.5 Å². The number of fused-ring (bicyclic) bond motifs is 1. The molecule has 0 bridgehead atoms. The number of hydrogen-bond donors (Lipinski definition) is 1. The highest BCUT2D eigenvalue weighted by Gasteiger charge is 2.07. The van der Waals surface area contributed by atoms with Gasteiger partial charge in [0, 0.05) is 4.47 Å². The minimum Gasteiger partial charge on any atom is -0.317 e. The summed E-state index contributed by atoms with van der Waals surface area (Å²) >= 11 is 3.65. The number of rotatable bonds is 8. The van der Waals surface area contributed by atoms with Gasteiger partial charge in [0.25, 0.3) is 0 Å². The molecule has 0 aliphatic heterocycles. The van der Waals surface area contributed by atoms with E-state index < -0.39 is 0 Å². The number of nitrogens with one attached hydrogen (secondary N) is 1. The van der Waals surface area contributed by atoms with Crippen LogP contribution in [-0.2, 0) is 6.42 Å². The van der Waals surface area contributed by atoms with Crippen molar-refractivity contribution in [3.63, 3.8) is 0 Å². The molecule has 0 aromatic heterocycles. The highest BCUT2D eigenvalue weighted by molar-refractivity contribution is 9.10. The SMILES string of the molecule is CCCNCCC(C)CCc1ccc(Br)c2ccccc12. The number of halogens is 1. The molecule has 1 atom stereocenters. The van der Waals surface area contributed by atoms with Crippen molar-refractivity contribution in [1.82, 2.24) is 5.32 Å². The molecular formula is C19H26BrN. The van der Waals surface area contributed by atoms with E-state index in [0.29, 0.717) is 0 Å². The van der Waals surface area contributed by atoms with Gasteiger partial charge in [-0.2, -0.15) is 0 Å². The average molecular weight is 348 g/mol. The Bertz CT molecular complexity index is 564. The van der Waals surface area contributed by atoms with Crippen molar-refractivity contribution in [2.75, 3.05) is 13.1 Å². The maximum absolute atomic E-state index is 3.65. The molecule has 0 heterocycles. The van der Waals surface area contributed by atoms with Crippen LogP contribution in [0.15, 0.2) is 40.9 Å². The minimum atomic E-state index is 0.775. The molecule has 2 aromatic rings. The fourth-order valence-electron chi connectivity index (χ4n) is 2.74. The van der Waals surface area contributed by atoms with Gasteiger partial charge in [-0.25, -0.2) is 0 Å². The molecule has 2 aromatic carbocycles. The zero-order chi connectivity index (χ0) is 15.1. The quantitative estimate of drug-likeness (QED) is 0.616. The Kier molecular flexibility index (Phi) is 6.72. The summed E-state index contributed by atoms with van der Waals surface area (Å²) < 4.78 is 1.19. The van der Waals surface area contributed by atoms with Crippen molar-refractivity contribution >= 4 is 26.7 Å². The molecule has 0 fully saturated rings. The van der Waals surface area contributed by atoms with Crippen molar-refractivity contribution in [2.24, 2.45) is 5.92 Å². The van der Waals surface area contributed by atoms with Gasteiger partial charge in [-0.15, -0.1) is 0 Å². The lowest BCUT2D eigenvalue weighted by Crippen LogP contribution is -2.18. The van der Waals surface area contributed by atoms with Gasteiger partial charge >= 0.3 is 0 Å². The summed E-state index contributed by atoms with van der Waals surface area (Å²) in [4.78, 5) is 0. The third-order valence-corrected chi connectivity index (χ3v) is 4.80. The van der Waals surface area contributed by atoms with E-state index in [1.165, 1.54) is 46.5 Å². The predicted molar refractivity (Wildman–Crippen MR) is 96.9 cm³/mol. The molecule has 0 saturated carbocycles. The summed E-state index contributed by atoms with van der Waals surface area (Å²) in [6, 6.07) is 13.1. The summed E-state index contributed by atoms with van der Waals surface area (Å²) in [5.74, 6) is 0.775. The summed E-state index contributed by atoms with van der Waals surface area (Å²) in [5.41, 5.74) is 1.47. The molecule has 2 heteroatoms. The standard InChI is InChI=1S/C19H26BrN/c1-3-13-21-14-12-15(2)8-9-16-10-11-19(20)18-7-5-4-6-17(16)18/h4-7,10-11,15,21H,3,8-9,12-14H2,1-2H3. The Hall–Kier alpha value is -0.860. The Labute approximate surface area is 137 Å². The van der Waals surface area contributed by atoms with E-state index in [0.717, 1.165) is 19.0 Å². The molecule has 0 radical (unpaired) electrons. The van der Waals surface area contributed by atoms with Crippen LogP contribution in [0.25, 0.3) is 10.8 Å². The van der Waals surface area contributed by atoms with Crippen LogP contribution in [0.1, 0.15) is 38.7 Å². The molecule has 0 aliphatic rings. The lowest BCUT2D eigenvalue weighted by Gasteiger charge is -2.13. The lowest BCUT2D eigenvalue weighted by molar-refractivity contribution is 0.471. The van der Waals surface area contributed by atoms with E-state index in [1.807, 2.05) is 0 Å². The molecule has 0 amide bonds. The van der Waals surface area contributed by atoms with Gasteiger partial charge < -0.3 is 5.32 Å². The van der Waals surface area contributed by atoms with Crippen LogP contribution in [0.4, 0.5) is 0 Å². The highest BCUT2D eigenvalue weighted by atomic mass is 79.9. The monoisotopic (exact) mass is 347 g/mol. The summed E-state index contributed by atoms with van der Waals surface area (Å²) in [5, 5.41) is 6.21. The largest absolute Gasteiger partial charge is 0.317 e. The van der Waals surface area contributed by atoms with E-state index in [1.54, 1.807) is 0 Å². The van der Waals surface area contributed by atoms with Gasteiger partial charge in [-0.05, 0) is 67.1 Å². The number of aryl methyl sites for hydroxylation is 1. The van der Waals surface area contributed by atoms with Crippen molar-refractivity contribution in [1.29, 1.82) is 0 Å². The topological polar surface area (TPSA) is 12.0 Å². The first-order chi connectivity index (χ1) is 10.2. The van der Waals surface area contributed by atoms with E-state index in [9.17, 15) is 0 Å². The zero-order valence-corrected chi connectivity index (χ0v) is 14.7. The first-order valence-corrected chi connectivity index (χ1v) is 8.88. The molecular weight excluding hydrogens is 322 g/mol. The lowest BCUT2D eigenvalue weighted by atomic mass is 9.95. The summed E-state index contributed by atoms with van der Waals surface area (Å²) in [7, 11) is 0. The van der Waals surface area contributed by atoms with Gasteiger partial charge in [0.2, 0.25) is 0 Å². The van der Waals surface area contributed by atoms with Gasteiger partial charge in [0.05, 0.1) is 0 Å². The van der Waals surface area contributed by atoms with Gasteiger partial charge in [0.15, 0.2) is 0 Å². The van der Waals surface area contributed by atoms with E-state index in [2.05, 4.69) is 71.5 Å². The number of benzene rings is 2. The normalized spacial score (nSPS) is 12.7. The second-order valence-corrected chi connectivity index (χ2v) is 6.79. The molecule has 114 valence electrons. The number of hydrogen-bond acceptors (Lipinski definition) is 1. The van der Waals surface area contributed by atoms with E-state index in [4.69, 9.17) is 0 Å². The average Bonchev–Trinajstić information content (AvgIpc) is 2.51. The van der Waals surface area contributed by atoms with Crippen molar-refractivity contribution < 1.29 is 0 Å². The summed E-state index contributed by atoms with van der Waals surface area (Å²) in [6.07, 6.45) is 4.93. The van der Waals surface area contributed by atoms with Crippen LogP contribution in [0.3, 0.4) is 0 Å². The smallest absolute Gasteiger partial charge is 0.0253 e. The predicted octanol–water partition coefficient (Wildman–Crippen LogP) is 5.56. The fourth-order valence-corrected chi connectivity index (χ4v) is 3.22. The van der Waals surface area contributed by atoms with Crippen LogP contribution in [0, 0.1) is 5.92 Å². The Morgan fingerprint density at radius 1 is 1.00 bits per heavy atom. The van der Waals surface area contributed by atoms with Crippen LogP contribution >= 0.6 is 15.9 Å². The Morgan fingerprint density at radius 3 is 2.52 bits per heavy atom. The van der Waals surface area contributed by atoms with Gasteiger partial charge in [-0.1, -0.05) is 60.1 Å². The van der Waals surface area contributed by atoms with Gasteiger partial charge in [-0.3, -0.25) is 0 Å².